The molecule has 0 saturated heterocycles. The van der Waals surface area contributed by atoms with E-state index in [4.69, 9.17) is 0 Å². The van der Waals surface area contributed by atoms with Crippen LogP contribution >= 0.6 is 0 Å². The first kappa shape index (κ1) is 13.0. The summed E-state index contributed by atoms with van der Waals surface area (Å²) >= 11 is 0. The molecule has 16 heavy (non-hydrogen) atoms. The minimum Gasteiger partial charge on any atom is -0.242 e. The van der Waals surface area contributed by atoms with Crippen molar-refractivity contribution in [3.05, 3.63) is 47.9 Å². The molecule has 0 aliphatic carbocycles. The topological polar surface area (TPSA) is 58.9 Å². The van der Waals surface area contributed by atoms with Crippen molar-refractivity contribution < 1.29 is 27.3 Å². The molecule has 0 saturated carbocycles. The second-order valence-electron chi connectivity index (χ2n) is 3.12. The van der Waals surface area contributed by atoms with Crippen molar-refractivity contribution in [2.24, 2.45) is 10.2 Å². The average Bonchev–Trinajstić information content (AvgIpc) is 2.66. The molecule has 78 valence electrons. The molecule has 6 heteroatoms. The smallest absolute Gasteiger partial charge is 0.242 e. The van der Waals surface area contributed by atoms with Gasteiger partial charge in [-0.1, -0.05) is 18.2 Å². The van der Waals surface area contributed by atoms with E-state index in [0.717, 1.165) is 0 Å². The second kappa shape index (κ2) is 4.87. The molecule has 0 radical (unpaired) electrons. The van der Waals surface area contributed by atoms with Crippen molar-refractivity contribution in [1.29, 1.82) is 0 Å². The molecule has 4 nitrogen and oxygen atoms in total. The van der Waals surface area contributed by atoms with Crippen LogP contribution in [0.4, 0.5) is 0 Å². The van der Waals surface area contributed by atoms with Gasteiger partial charge in [0.15, 0.2) is 9.84 Å². The Morgan fingerprint density at radius 3 is 2.38 bits per heavy atom. The van der Waals surface area contributed by atoms with Gasteiger partial charge in [0.05, 0.1) is 11.4 Å². The van der Waals surface area contributed by atoms with Crippen molar-refractivity contribution in [3.63, 3.8) is 0 Å². The maximum atomic E-state index is 12.0. The minimum atomic E-state index is -3.53. The fourth-order valence-corrected chi connectivity index (χ4v) is 2.63. The van der Waals surface area contributed by atoms with Crippen LogP contribution in [0.2, 0.25) is 0 Å². The van der Waals surface area contributed by atoms with Gasteiger partial charge in [-0.05, 0) is 12.1 Å². The first-order valence-electron chi connectivity index (χ1n) is 4.35. The summed E-state index contributed by atoms with van der Waals surface area (Å²) in [5.41, 5.74) is 0.443. The van der Waals surface area contributed by atoms with Crippen molar-refractivity contribution in [3.8, 4) is 0 Å². The van der Waals surface area contributed by atoms with Crippen LogP contribution in [0.1, 0.15) is 0 Å². The van der Waals surface area contributed by atoms with E-state index < -0.39 is 9.84 Å². The number of rotatable bonds is 2. The zero-order valence-electron chi connectivity index (χ0n) is 8.92. The Hall–Kier alpha value is -1.02. The SMILES string of the molecule is C=C1CN=N[C-]1S(=O)(=O)c1ccccc1.[Li+]. The second-order valence-corrected chi connectivity index (χ2v) is 4.99. The molecule has 0 spiro atoms. The Kier molecular flexibility index (Phi) is 3.97. The van der Waals surface area contributed by atoms with E-state index in [1.54, 1.807) is 18.2 Å². The van der Waals surface area contributed by atoms with Crippen LogP contribution < -0.4 is 18.9 Å². The Morgan fingerprint density at radius 1 is 1.25 bits per heavy atom. The number of sulfone groups is 1. The van der Waals surface area contributed by atoms with Gasteiger partial charge in [-0.15, -0.1) is 0 Å². The van der Waals surface area contributed by atoms with Gasteiger partial charge in [0.25, 0.3) is 0 Å². The summed E-state index contributed by atoms with van der Waals surface area (Å²) in [6, 6.07) is 8.16. The third-order valence-corrected chi connectivity index (χ3v) is 3.81. The summed E-state index contributed by atoms with van der Waals surface area (Å²) in [7, 11) is -3.53. The molecule has 1 aromatic carbocycles. The molecule has 0 aromatic heterocycles. The standard InChI is InChI=1S/C10H9N2O2S.Li/c1-8-7-11-12-10(8)15(13,14)9-5-3-2-4-6-9;/h2-6H,1,7H2;/q-1;+1. The fraction of sp³-hybridized carbons (Fsp3) is 0.100. The Balaban J connectivity index is 0.00000128. The maximum absolute atomic E-state index is 12.0. The molecule has 0 bridgehead atoms. The van der Waals surface area contributed by atoms with Gasteiger partial charge in [-0.2, -0.15) is 5.57 Å². The molecule has 2 rings (SSSR count). The summed E-state index contributed by atoms with van der Waals surface area (Å²) in [5, 5.41) is 7.25. The van der Waals surface area contributed by atoms with Crippen LogP contribution in [0.5, 0.6) is 0 Å². The molecule has 0 atom stereocenters. The van der Waals surface area contributed by atoms with E-state index in [1.165, 1.54) is 12.1 Å². The zero-order valence-corrected chi connectivity index (χ0v) is 9.74. The molecule has 1 aliphatic heterocycles. The van der Waals surface area contributed by atoms with Gasteiger partial charge in [0.2, 0.25) is 0 Å². The van der Waals surface area contributed by atoms with Gasteiger partial charge in [-0.3, -0.25) is 0 Å². The van der Waals surface area contributed by atoms with Crippen LogP contribution in [0.15, 0.2) is 57.6 Å². The van der Waals surface area contributed by atoms with E-state index in [-0.39, 0.29) is 35.7 Å². The first-order chi connectivity index (χ1) is 7.12. The Morgan fingerprint density at radius 2 is 1.88 bits per heavy atom. The fourth-order valence-electron chi connectivity index (χ4n) is 1.28. The van der Waals surface area contributed by atoms with Gasteiger partial charge >= 0.3 is 18.9 Å². The van der Waals surface area contributed by atoms with E-state index in [0.29, 0.717) is 5.57 Å². The van der Waals surface area contributed by atoms with E-state index in [9.17, 15) is 8.42 Å². The molecule has 0 N–H and O–H groups in total. The predicted octanol–water partition coefficient (Wildman–Crippen LogP) is -1.02. The zero-order chi connectivity index (χ0) is 10.9. The van der Waals surface area contributed by atoms with Crippen LogP contribution in [0, 0.1) is 5.37 Å². The number of nitrogens with zero attached hydrogens (tertiary/aromatic N) is 2. The van der Waals surface area contributed by atoms with Crippen LogP contribution in [0.25, 0.3) is 0 Å². The molecule has 0 amide bonds. The molecular weight excluding hydrogens is 219 g/mol. The van der Waals surface area contributed by atoms with Crippen molar-refractivity contribution in [1.82, 2.24) is 0 Å². The maximum Gasteiger partial charge on any atom is 1.00 e. The van der Waals surface area contributed by atoms with Gasteiger partial charge in [0.1, 0.15) is 0 Å². The van der Waals surface area contributed by atoms with E-state index >= 15 is 0 Å². The Labute approximate surface area is 107 Å². The van der Waals surface area contributed by atoms with Crippen molar-refractivity contribution in [2.75, 3.05) is 6.54 Å². The molecular formula is C10H9LiN2O2S. The third-order valence-electron chi connectivity index (χ3n) is 2.03. The van der Waals surface area contributed by atoms with Crippen LogP contribution in [-0.2, 0) is 9.84 Å². The summed E-state index contributed by atoms with van der Waals surface area (Å²) in [6.45, 7) is 3.89. The van der Waals surface area contributed by atoms with Gasteiger partial charge in [0, 0.05) is 5.37 Å². The Bertz CT molecular complexity index is 511. The molecule has 0 fully saturated rings. The van der Waals surface area contributed by atoms with Crippen LogP contribution in [-0.4, -0.2) is 15.0 Å². The largest absolute Gasteiger partial charge is 1.00 e. The summed E-state index contributed by atoms with van der Waals surface area (Å²) < 4.78 is 24.0. The third kappa shape index (κ3) is 2.22. The number of hydrogen-bond acceptors (Lipinski definition) is 4. The summed E-state index contributed by atoms with van der Waals surface area (Å²) in [4.78, 5) is 0.224. The quantitative estimate of drug-likeness (QED) is 0.480. The van der Waals surface area contributed by atoms with Crippen molar-refractivity contribution >= 4 is 9.84 Å². The van der Waals surface area contributed by atoms with Gasteiger partial charge < -0.3 is 0 Å². The summed E-state index contributed by atoms with van der Waals surface area (Å²) in [5.74, 6) is 0. The predicted molar refractivity (Wildman–Crippen MR) is 55.7 cm³/mol. The first-order valence-corrected chi connectivity index (χ1v) is 5.83. The summed E-state index contributed by atoms with van der Waals surface area (Å²) in [6.07, 6.45) is 0. The molecule has 0 unspecified atom stereocenters. The molecule has 1 aliphatic rings. The normalized spacial score (nSPS) is 15.0. The van der Waals surface area contributed by atoms with E-state index in [1.807, 2.05) is 0 Å². The van der Waals surface area contributed by atoms with Gasteiger partial charge in [-0.25, -0.2) is 25.2 Å². The number of hydrogen-bond donors (Lipinski definition) is 0. The average molecular weight is 228 g/mol. The van der Waals surface area contributed by atoms with Crippen molar-refractivity contribution in [2.45, 2.75) is 4.90 Å². The monoisotopic (exact) mass is 228 g/mol. The molecule has 1 heterocycles. The minimum absolute atomic E-state index is 0. The van der Waals surface area contributed by atoms with E-state index in [2.05, 4.69) is 16.8 Å². The number of benzene rings is 1. The molecule has 1 aromatic rings. The number of azo groups is 1. The van der Waals surface area contributed by atoms with Crippen LogP contribution in [0.3, 0.4) is 0 Å².